The molecule has 0 saturated heterocycles. The van der Waals surface area contributed by atoms with Crippen molar-refractivity contribution in [2.24, 2.45) is 5.92 Å². The Labute approximate surface area is 106 Å². The number of rotatable bonds is 9. The lowest BCUT2D eigenvalue weighted by Gasteiger charge is -2.15. The number of halogens is 4. The van der Waals surface area contributed by atoms with Gasteiger partial charge in [-0.3, -0.25) is 4.79 Å². The quantitative estimate of drug-likeness (QED) is 0.423. The summed E-state index contributed by atoms with van der Waals surface area (Å²) in [5.74, 6) is -1.99. The van der Waals surface area contributed by atoms with Crippen LogP contribution in [0.1, 0.15) is 58.3 Å². The van der Waals surface area contributed by atoms with Crippen molar-refractivity contribution >= 4 is 16.8 Å². The van der Waals surface area contributed by atoms with Gasteiger partial charge in [0.15, 0.2) is 0 Å². The molecule has 102 valence electrons. The summed E-state index contributed by atoms with van der Waals surface area (Å²) < 4.78 is 37.0. The van der Waals surface area contributed by atoms with Gasteiger partial charge in [0.25, 0.3) is 0 Å². The zero-order chi connectivity index (χ0) is 13.3. The third-order valence-electron chi connectivity index (χ3n) is 2.77. The molecule has 0 aromatic carbocycles. The molecule has 0 fully saturated rings. The van der Waals surface area contributed by atoms with Crippen LogP contribution in [0.4, 0.5) is 13.2 Å². The predicted molar refractivity (Wildman–Crippen MR) is 63.0 cm³/mol. The van der Waals surface area contributed by atoms with E-state index in [-0.39, 0.29) is 6.42 Å². The molecule has 0 aliphatic carbocycles. The summed E-state index contributed by atoms with van der Waals surface area (Å²) in [5.41, 5.74) is 0. The van der Waals surface area contributed by atoms with Crippen molar-refractivity contribution in [3.8, 4) is 0 Å². The molecular weight excluding hydrogens is 253 g/mol. The molecule has 0 N–H and O–H groups in total. The maximum atomic E-state index is 12.3. The number of hydrogen-bond donors (Lipinski definition) is 0. The zero-order valence-corrected chi connectivity index (χ0v) is 10.9. The van der Waals surface area contributed by atoms with Crippen molar-refractivity contribution in [3.63, 3.8) is 0 Å². The second kappa shape index (κ2) is 8.78. The zero-order valence-electron chi connectivity index (χ0n) is 10.2. The molecule has 0 aliphatic rings. The molecule has 0 amide bonds. The molecule has 0 radical (unpaired) electrons. The first-order chi connectivity index (χ1) is 7.89. The van der Waals surface area contributed by atoms with Crippen molar-refractivity contribution in [3.05, 3.63) is 0 Å². The minimum atomic E-state index is -4.50. The second-order valence-electron chi connectivity index (χ2n) is 4.31. The average Bonchev–Trinajstić information content (AvgIpc) is 2.19. The summed E-state index contributed by atoms with van der Waals surface area (Å²) in [7, 11) is 0. The topological polar surface area (TPSA) is 17.1 Å². The minimum Gasteiger partial charge on any atom is -0.281 e. The number of alkyl halides is 3. The van der Waals surface area contributed by atoms with E-state index in [0.29, 0.717) is 6.42 Å². The van der Waals surface area contributed by atoms with E-state index in [1.54, 1.807) is 0 Å². The van der Waals surface area contributed by atoms with Crippen LogP contribution in [-0.2, 0) is 4.79 Å². The normalized spacial score (nSPS) is 13.7. The Kier molecular flexibility index (Phi) is 8.66. The van der Waals surface area contributed by atoms with E-state index in [0.717, 1.165) is 32.1 Å². The second-order valence-corrected chi connectivity index (χ2v) is 4.68. The van der Waals surface area contributed by atoms with Gasteiger partial charge in [-0.1, -0.05) is 51.9 Å². The third kappa shape index (κ3) is 8.47. The van der Waals surface area contributed by atoms with Crippen molar-refractivity contribution in [2.75, 3.05) is 0 Å². The van der Waals surface area contributed by atoms with Gasteiger partial charge in [0.2, 0.25) is 5.24 Å². The van der Waals surface area contributed by atoms with E-state index in [9.17, 15) is 18.0 Å². The predicted octanol–water partition coefficient (Wildman–Crippen LogP) is 5.07. The maximum absolute atomic E-state index is 12.3. The molecule has 0 aromatic rings. The lowest BCUT2D eigenvalue weighted by Crippen LogP contribution is -2.27. The fraction of sp³-hybridized carbons (Fsp3) is 0.917. The lowest BCUT2D eigenvalue weighted by molar-refractivity contribution is -0.178. The van der Waals surface area contributed by atoms with Crippen molar-refractivity contribution in [2.45, 2.75) is 64.5 Å². The van der Waals surface area contributed by atoms with Crippen molar-refractivity contribution < 1.29 is 18.0 Å². The molecule has 1 nitrogen and oxygen atoms in total. The van der Waals surface area contributed by atoms with Crippen molar-refractivity contribution in [1.82, 2.24) is 0 Å². The van der Waals surface area contributed by atoms with Gasteiger partial charge in [-0.25, -0.2) is 0 Å². The van der Waals surface area contributed by atoms with Crippen LogP contribution in [0.25, 0.3) is 0 Å². The van der Waals surface area contributed by atoms with Gasteiger partial charge in [0, 0.05) is 0 Å². The Balaban J connectivity index is 3.67. The van der Waals surface area contributed by atoms with Gasteiger partial charge < -0.3 is 0 Å². The SMILES string of the molecule is CCCCCCCCCC(C(=O)Cl)C(F)(F)F. The largest absolute Gasteiger partial charge is 0.399 e. The first-order valence-electron chi connectivity index (χ1n) is 6.15. The number of unbranched alkanes of at least 4 members (excludes halogenated alkanes) is 6. The van der Waals surface area contributed by atoms with Gasteiger partial charge >= 0.3 is 6.18 Å². The summed E-state index contributed by atoms with van der Waals surface area (Å²) in [6.07, 6.45) is 1.91. The lowest BCUT2D eigenvalue weighted by atomic mass is 10.0. The molecule has 0 rings (SSSR count). The molecule has 0 saturated carbocycles. The molecule has 1 atom stereocenters. The molecular formula is C12H20ClF3O. The summed E-state index contributed by atoms with van der Waals surface area (Å²) in [6, 6.07) is 0. The first-order valence-corrected chi connectivity index (χ1v) is 6.53. The van der Waals surface area contributed by atoms with Gasteiger partial charge in [-0.05, 0) is 18.0 Å². The number of hydrogen-bond acceptors (Lipinski definition) is 1. The van der Waals surface area contributed by atoms with E-state index in [1.165, 1.54) is 6.42 Å². The highest BCUT2D eigenvalue weighted by Crippen LogP contribution is 2.32. The fourth-order valence-corrected chi connectivity index (χ4v) is 1.94. The van der Waals surface area contributed by atoms with E-state index >= 15 is 0 Å². The molecule has 0 bridgehead atoms. The third-order valence-corrected chi connectivity index (χ3v) is 3.03. The van der Waals surface area contributed by atoms with Gasteiger partial charge in [0.05, 0.1) is 0 Å². The van der Waals surface area contributed by atoms with E-state index in [2.05, 4.69) is 6.92 Å². The smallest absolute Gasteiger partial charge is 0.281 e. The highest BCUT2D eigenvalue weighted by molar-refractivity contribution is 6.64. The monoisotopic (exact) mass is 272 g/mol. The molecule has 0 heterocycles. The average molecular weight is 273 g/mol. The van der Waals surface area contributed by atoms with E-state index in [1.807, 2.05) is 0 Å². The summed E-state index contributed by atoms with van der Waals surface area (Å²) in [4.78, 5) is 10.6. The van der Waals surface area contributed by atoms with Crippen LogP contribution < -0.4 is 0 Å². The first kappa shape index (κ1) is 16.8. The molecule has 17 heavy (non-hydrogen) atoms. The maximum Gasteiger partial charge on any atom is 0.399 e. The highest BCUT2D eigenvalue weighted by atomic mass is 35.5. The Bertz CT molecular complexity index is 216. The summed E-state index contributed by atoms with van der Waals surface area (Å²) in [5, 5.41) is -1.29. The Morgan fingerprint density at radius 3 is 1.94 bits per heavy atom. The van der Waals surface area contributed by atoms with Crippen LogP contribution in [-0.4, -0.2) is 11.4 Å². The fourth-order valence-electron chi connectivity index (χ4n) is 1.71. The molecule has 5 heteroatoms. The van der Waals surface area contributed by atoms with E-state index < -0.39 is 17.3 Å². The van der Waals surface area contributed by atoms with Gasteiger partial charge in [0.1, 0.15) is 5.92 Å². The minimum absolute atomic E-state index is 0.181. The summed E-state index contributed by atoms with van der Waals surface area (Å²) >= 11 is 4.95. The van der Waals surface area contributed by atoms with Crippen LogP contribution in [0.15, 0.2) is 0 Å². The van der Waals surface area contributed by atoms with Crippen LogP contribution in [0.2, 0.25) is 0 Å². The molecule has 0 aromatic heterocycles. The van der Waals surface area contributed by atoms with Crippen LogP contribution in [0.5, 0.6) is 0 Å². The van der Waals surface area contributed by atoms with E-state index in [4.69, 9.17) is 11.6 Å². The van der Waals surface area contributed by atoms with Crippen LogP contribution in [0, 0.1) is 5.92 Å². The van der Waals surface area contributed by atoms with Crippen LogP contribution in [0.3, 0.4) is 0 Å². The molecule has 1 unspecified atom stereocenters. The van der Waals surface area contributed by atoms with Crippen molar-refractivity contribution in [1.29, 1.82) is 0 Å². The Morgan fingerprint density at radius 2 is 1.53 bits per heavy atom. The molecule has 0 spiro atoms. The highest BCUT2D eigenvalue weighted by Gasteiger charge is 2.43. The summed E-state index contributed by atoms with van der Waals surface area (Å²) in [6.45, 7) is 2.11. The Hall–Kier alpha value is -0.250. The number of carbonyl (C=O) groups excluding carboxylic acids is 1. The molecule has 0 aliphatic heterocycles. The van der Waals surface area contributed by atoms with Crippen LogP contribution >= 0.6 is 11.6 Å². The van der Waals surface area contributed by atoms with Gasteiger partial charge in [-0.15, -0.1) is 0 Å². The van der Waals surface area contributed by atoms with Gasteiger partial charge in [-0.2, -0.15) is 13.2 Å². The number of carbonyl (C=O) groups is 1. The standard InChI is InChI=1S/C12H20ClF3O/c1-2-3-4-5-6-7-8-9-10(11(13)17)12(14,15)16/h10H,2-9H2,1H3. The Morgan fingerprint density at radius 1 is 1.06 bits per heavy atom.